The van der Waals surface area contributed by atoms with Crippen molar-refractivity contribution in [1.29, 1.82) is 0 Å². The molecule has 0 amide bonds. The van der Waals surface area contributed by atoms with Gasteiger partial charge in [-0.3, -0.25) is 20.2 Å². The average Bonchev–Trinajstić information content (AvgIpc) is 2.21. The number of nitrogens with two attached hydrogens (primary N) is 1. The van der Waals surface area contributed by atoms with E-state index in [2.05, 4.69) is 9.73 Å². The molecule has 15 heavy (non-hydrogen) atoms. The average molecular weight is 214 g/mol. The zero-order chi connectivity index (χ0) is 11.3. The molecule has 0 heterocycles. The number of hydrogen-bond acceptors (Lipinski definition) is 6. The molecule has 0 bridgehead atoms. The van der Waals surface area contributed by atoms with Crippen LogP contribution in [0.4, 0.5) is 5.69 Å². The fraction of sp³-hybridized carbons (Fsp3) is 0.250. The van der Waals surface area contributed by atoms with Gasteiger partial charge in [0.1, 0.15) is 13.2 Å². The highest BCUT2D eigenvalue weighted by atomic mass is 17.1. The molecule has 7 nitrogen and oxygen atoms in total. The minimum atomic E-state index is -0.546. The van der Waals surface area contributed by atoms with E-state index in [1.807, 2.05) is 0 Å². The van der Waals surface area contributed by atoms with Crippen LogP contribution in [0.5, 0.6) is 0 Å². The number of nitro groups is 1. The van der Waals surface area contributed by atoms with Gasteiger partial charge >= 0.3 is 0 Å². The zero-order valence-electron chi connectivity index (χ0n) is 7.75. The van der Waals surface area contributed by atoms with Crippen LogP contribution in [0.1, 0.15) is 11.1 Å². The predicted octanol–water partition coefficient (Wildman–Crippen LogP) is 0.975. The van der Waals surface area contributed by atoms with Gasteiger partial charge in [0.05, 0.1) is 10.5 Å². The second-order valence-corrected chi connectivity index (χ2v) is 2.76. The molecule has 0 fully saturated rings. The molecule has 0 aliphatic heterocycles. The van der Waals surface area contributed by atoms with Crippen molar-refractivity contribution in [2.24, 2.45) is 5.90 Å². The van der Waals surface area contributed by atoms with Crippen LogP contribution in [0.2, 0.25) is 0 Å². The first-order chi connectivity index (χ1) is 7.20. The molecule has 0 saturated heterocycles. The van der Waals surface area contributed by atoms with Crippen LogP contribution >= 0.6 is 0 Å². The van der Waals surface area contributed by atoms with Crippen LogP contribution < -0.4 is 5.90 Å². The molecule has 0 aliphatic carbocycles. The fourth-order valence-corrected chi connectivity index (χ4v) is 1.25. The summed E-state index contributed by atoms with van der Waals surface area (Å²) in [5.74, 6) is 4.87. The zero-order valence-corrected chi connectivity index (χ0v) is 7.75. The summed E-state index contributed by atoms with van der Waals surface area (Å²) in [6, 6.07) is 4.40. The van der Waals surface area contributed by atoms with Gasteiger partial charge in [-0.05, 0) is 5.56 Å². The Morgan fingerprint density at radius 3 is 2.73 bits per heavy atom. The van der Waals surface area contributed by atoms with Gasteiger partial charge in [0.2, 0.25) is 0 Å². The molecular weight excluding hydrogens is 204 g/mol. The summed E-state index contributed by atoms with van der Waals surface area (Å²) in [7, 11) is 0. The second kappa shape index (κ2) is 5.37. The quantitative estimate of drug-likeness (QED) is 0.429. The lowest BCUT2D eigenvalue weighted by Gasteiger charge is -2.06. The van der Waals surface area contributed by atoms with Crippen molar-refractivity contribution in [2.75, 3.05) is 0 Å². The van der Waals surface area contributed by atoms with Gasteiger partial charge in [0, 0.05) is 6.07 Å². The van der Waals surface area contributed by atoms with Crippen molar-refractivity contribution in [3.63, 3.8) is 0 Å². The van der Waals surface area contributed by atoms with Gasteiger partial charge in [0.15, 0.2) is 0 Å². The minimum Gasteiger partial charge on any atom is -0.300 e. The highest BCUT2D eigenvalue weighted by Crippen LogP contribution is 2.23. The molecule has 82 valence electrons. The molecule has 0 saturated carbocycles. The summed E-state index contributed by atoms with van der Waals surface area (Å²) in [5, 5.41) is 19.0. The molecule has 1 aromatic rings. The molecule has 0 radical (unpaired) electrons. The number of nitrogens with zero attached hydrogens (tertiary/aromatic N) is 1. The largest absolute Gasteiger partial charge is 0.300 e. The van der Waals surface area contributed by atoms with Gasteiger partial charge in [-0.2, -0.15) is 0 Å². The monoisotopic (exact) mass is 214 g/mol. The van der Waals surface area contributed by atoms with Crippen LogP contribution in [-0.2, 0) is 22.9 Å². The lowest BCUT2D eigenvalue weighted by atomic mass is 10.1. The first kappa shape index (κ1) is 11.5. The number of nitro benzene ring substituents is 1. The van der Waals surface area contributed by atoms with E-state index < -0.39 is 4.92 Å². The van der Waals surface area contributed by atoms with Crippen molar-refractivity contribution < 1.29 is 19.9 Å². The van der Waals surface area contributed by atoms with Crippen LogP contribution in [0.3, 0.4) is 0 Å². The topological polar surface area (TPSA) is 108 Å². The predicted molar refractivity (Wildman–Crippen MR) is 49.5 cm³/mol. The second-order valence-electron chi connectivity index (χ2n) is 2.76. The summed E-state index contributed by atoms with van der Waals surface area (Å²) >= 11 is 0. The lowest BCUT2D eigenvalue weighted by molar-refractivity contribution is -0.386. The smallest absolute Gasteiger partial charge is 0.275 e. The van der Waals surface area contributed by atoms with E-state index in [-0.39, 0.29) is 18.9 Å². The number of benzene rings is 1. The van der Waals surface area contributed by atoms with Gasteiger partial charge in [0.25, 0.3) is 5.69 Å². The molecule has 0 aliphatic rings. The van der Waals surface area contributed by atoms with E-state index in [4.69, 9.17) is 11.2 Å². The molecule has 0 atom stereocenters. The van der Waals surface area contributed by atoms with E-state index in [0.29, 0.717) is 11.1 Å². The summed E-state index contributed by atoms with van der Waals surface area (Å²) in [4.78, 5) is 18.4. The Bertz CT molecular complexity index is 355. The minimum absolute atomic E-state index is 0.115. The Morgan fingerprint density at radius 2 is 2.20 bits per heavy atom. The standard InChI is InChI=1S/C8H10N2O5/c9-14-5-7-6(4-15-13)2-1-3-8(7)10(11)12/h1-3,13H,4-5,9H2. The van der Waals surface area contributed by atoms with Crippen LogP contribution in [0.25, 0.3) is 0 Å². The highest BCUT2D eigenvalue weighted by molar-refractivity contribution is 5.44. The van der Waals surface area contributed by atoms with Crippen LogP contribution in [0, 0.1) is 10.1 Å². The van der Waals surface area contributed by atoms with E-state index in [9.17, 15) is 10.1 Å². The normalized spacial score (nSPS) is 10.3. The van der Waals surface area contributed by atoms with Crippen molar-refractivity contribution in [1.82, 2.24) is 0 Å². The van der Waals surface area contributed by atoms with Gasteiger partial charge in [-0.1, -0.05) is 12.1 Å². The number of rotatable bonds is 5. The van der Waals surface area contributed by atoms with E-state index >= 15 is 0 Å². The molecule has 0 unspecified atom stereocenters. The molecule has 0 spiro atoms. The van der Waals surface area contributed by atoms with Crippen molar-refractivity contribution in [3.05, 3.63) is 39.4 Å². The van der Waals surface area contributed by atoms with Crippen molar-refractivity contribution in [2.45, 2.75) is 13.2 Å². The third kappa shape index (κ3) is 2.70. The Morgan fingerprint density at radius 1 is 1.47 bits per heavy atom. The summed E-state index contributed by atoms with van der Waals surface area (Å²) in [6.07, 6.45) is 0. The molecule has 7 heteroatoms. The third-order valence-corrected chi connectivity index (χ3v) is 1.89. The summed E-state index contributed by atoms with van der Waals surface area (Å²) in [6.45, 7) is -0.268. The fourth-order valence-electron chi connectivity index (χ4n) is 1.25. The van der Waals surface area contributed by atoms with Crippen LogP contribution in [0.15, 0.2) is 18.2 Å². The van der Waals surface area contributed by atoms with E-state index in [1.165, 1.54) is 12.1 Å². The molecule has 1 aromatic carbocycles. The van der Waals surface area contributed by atoms with Crippen LogP contribution in [-0.4, -0.2) is 10.2 Å². The third-order valence-electron chi connectivity index (χ3n) is 1.89. The Hall–Kier alpha value is -1.54. The SMILES string of the molecule is NOCc1c(COO)cccc1[N+](=O)[O-]. The first-order valence-corrected chi connectivity index (χ1v) is 4.04. The molecular formula is C8H10N2O5. The Labute approximate surface area is 85.1 Å². The van der Waals surface area contributed by atoms with Crippen molar-refractivity contribution >= 4 is 5.69 Å². The summed E-state index contributed by atoms with van der Waals surface area (Å²) < 4.78 is 0. The van der Waals surface area contributed by atoms with Gasteiger partial charge in [-0.15, -0.1) is 0 Å². The first-order valence-electron chi connectivity index (χ1n) is 4.04. The molecule has 0 aromatic heterocycles. The maximum absolute atomic E-state index is 10.7. The van der Waals surface area contributed by atoms with Gasteiger partial charge < -0.3 is 0 Å². The molecule has 1 rings (SSSR count). The number of hydrogen-bond donors (Lipinski definition) is 2. The maximum Gasteiger partial charge on any atom is 0.275 e. The van der Waals surface area contributed by atoms with E-state index in [1.54, 1.807) is 6.07 Å². The van der Waals surface area contributed by atoms with Gasteiger partial charge in [-0.25, -0.2) is 10.8 Å². The van der Waals surface area contributed by atoms with E-state index in [0.717, 1.165) is 0 Å². The Kier molecular flexibility index (Phi) is 4.13. The molecule has 3 N–H and O–H groups in total. The summed E-state index contributed by atoms with van der Waals surface area (Å²) in [5.41, 5.74) is 0.631. The maximum atomic E-state index is 10.7. The highest BCUT2D eigenvalue weighted by Gasteiger charge is 2.17. The Balaban J connectivity index is 3.15. The van der Waals surface area contributed by atoms with Crippen molar-refractivity contribution in [3.8, 4) is 0 Å². The lowest BCUT2D eigenvalue weighted by Crippen LogP contribution is -2.06.